The summed E-state index contributed by atoms with van der Waals surface area (Å²) in [5.74, 6) is -2.26. The largest absolute Gasteiger partial charge is 0.508 e. The van der Waals surface area contributed by atoms with Crippen LogP contribution in [0.5, 0.6) is 5.75 Å². The lowest BCUT2D eigenvalue weighted by Gasteiger charge is -2.20. The smallest absolute Gasteiger partial charge is 0.328 e. The van der Waals surface area contributed by atoms with Crippen molar-refractivity contribution in [3.8, 4) is 5.75 Å². The molecule has 33 heavy (non-hydrogen) atoms. The zero-order chi connectivity index (χ0) is 24.2. The molecule has 0 fully saturated rings. The van der Waals surface area contributed by atoms with Crippen molar-refractivity contribution in [1.82, 2.24) is 16.0 Å². The summed E-state index contributed by atoms with van der Waals surface area (Å²) in [7, 11) is 1.20. The number of hydrogen-bond acceptors (Lipinski definition) is 7. The molecule has 0 aliphatic rings. The molecule has 0 unspecified atom stereocenters. The molecule has 2 rings (SSSR count). The fourth-order valence-electron chi connectivity index (χ4n) is 3.05. The average molecular weight is 456 g/mol. The quantitative estimate of drug-likeness (QED) is 0.282. The number of phenolic OH excluding ortho intramolecular Hbond substituents is 1. The fraction of sp³-hybridized carbons (Fsp3) is 0.304. The van der Waals surface area contributed by atoms with E-state index in [1.165, 1.54) is 19.2 Å². The van der Waals surface area contributed by atoms with E-state index in [9.17, 15) is 24.3 Å². The third kappa shape index (κ3) is 8.62. The van der Waals surface area contributed by atoms with Crippen LogP contribution in [0.15, 0.2) is 54.6 Å². The first kappa shape index (κ1) is 25.3. The van der Waals surface area contributed by atoms with Gasteiger partial charge in [-0.15, -0.1) is 0 Å². The van der Waals surface area contributed by atoms with Crippen LogP contribution in [0.2, 0.25) is 0 Å². The van der Waals surface area contributed by atoms with Crippen molar-refractivity contribution < 1.29 is 29.0 Å². The van der Waals surface area contributed by atoms with E-state index in [2.05, 4.69) is 16.0 Å². The molecule has 10 heteroatoms. The molecule has 2 aromatic rings. The summed E-state index contributed by atoms with van der Waals surface area (Å²) < 4.78 is 4.75. The maximum absolute atomic E-state index is 12.6. The predicted octanol–water partition coefficient (Wildman–Crippen LogP) is -0.605. The van der Waals surface area contributed by atoms with Gasteiger partial charge in [0, 0.05) is 12.8 Å². The van der Waals surface area contributed by atoms with Crippen molar-refractivity contribution >= 4 is 23.7 Å². The van der Waals surface area contributed by atoms with Crippen LogP contribution in [0, 0.1) is 0 Å². The number of rotatable bonds is 11. The molecule has 0 heterocycles. The van der Waals surface area contributed by atoms with E-state index in [1.54, 1.807) is 12.1 Å². The molecular formula is C23H28N4O6. The first-order chi connectivity index (χ1) is 15.8. The number of hydrogen-bond donors (Lipinski definition) is 5. The van der Waals surface area contributed by atoms with Crippen LogP contribution in [0.1, 0.15) is 11.1 Å². The topological polar surface area (TPSA) is 160 Å². The van der Waals surface area contributed by atoms with Crippen LogP contribution in [0.3, 0.4) is 0 Å². The summed E-state index contributed by atoms with van der Waals surface area (Å²) in [6.07, 6.45) is 0.349. The number of amides is 3. The Morgan fingerprint density at radius 3 is 2.06 bits per heavy atom. The number of carbonyl (C=O) groups excluding carboxylic acids is 4. The van der Waals surface area contributed by atoms with Gasteiger partial charge in [0.25, 0.3) is 0 Å². The molecule has 176 valence electrons. The Balaban J connectivity index is 1.97. The van der Waals surface area contributed by atoms with Gasteiger partial charge in [-0.1, -0.05) is 42.5 Å². The van der Waals surface area contributed by atoms with Crippen LogP contribution in [0.4, 0.5) is 0 Å². The number of esters is 1. The van der Waals surface area contributed by atoms with Crippen LogP contribution in [-0.2, 0) is 36.8 Å². The van der Waals surface area contributed by atoms with Crippen molar-refractivity contribution in [3.63, 3.8) is 0 Å². The number of aromatic hydroxyl groups is 1. The second-order valence-electron chi connectivity index (χ2n) is 7.25. The molecule has 2 aromatic carbocycles. The number of phenols is 1. The van der Waals surface area contributed by atoms with E-state index in [-0.39, 0.29) is 25.1 Å². The monoisotopic (exact) mass is 456 g/mol. The zero-order valence-electron chi connectivity index (χ0n) is 18.2. The second-order valence-corrected chi connectivity index (χ2v) is 7.25. The van der Waals surface area contributed by atoms with Crippen molar-refractivity contribution in [1.29, 1.82) is 0 Å². The Hall–Kier alpha value is -3.92. The lowest BCUT2D eigenvalue weighted by Crippen LogP contribution is -2.52. The summed E-state index contributed by atoms with van der Waals surface area (Å²) in [4.78, 5) is 48.9. The van der Waals surface area contributed by atoms with Crippen molar-refractivity contribution in [2.75, 3.05) is 20.2 Å². The summed E-state index contributed by atoms with van der Waals surface area (Å²) >= 11 is 0. The Kier molecular flexibility index (Phi) is 9.84. The minimum Gasteiger partial charge on any atom is -0.508 e. The van der Waals surface area contributed by atoms with Gasteiger partial charge in [-0.3, -0.25) is 14.4 Å². The van der Waals surface area contributed by atoms with E-state index >= 15 is 0 Å². The lowest BCUT2D eigenvalue weighted by molar-refractivity contribution is -0.145. The molecule has 0 saturated carbocycles. The second kappa shape index (κ2) is 12.8. The van der Waals surface area contributed by atoms with E-state index < -0.39 is 42.3 Å². The highest BCUT2D eigenvalue weighted by molar-refractivity contribution is 5.92. The van der Waals surface area contributed by atoms with E-state index in [1.807, 2.05) is 30.3 Å². The van der Waals surface area contributed by atoms with E-state index in [4.69, 9.17) is 10.5 Å². The predicted molar refractivity (Wildman–Crippen MR) is 120 cm³/mol. The number of ether oxygens (including phenoxy) is 1. The Morgan fingerprint density at radius 1 is 0.879 bits per heavy atom. The van der Waals surface area contributed by atoms with Gasteiger partial charge in [-0.25, -0.2) is 4.79 Å². The normalized spacial score (nSPS) is 12.2. The summed E-state index contributed by atoms with van der Waals surface area (Å²) in [6.45, 7) is -0.692. The van der Waals surface area contributed by atoms with Gasteiger partial charge in [0.15, 0.2) is 0 Å². The van der Waals surface area contributed by atoms with Gasteiger partial charge in [0.2, 0.25) is 17.7 Å². The highest BCUT2D eigenvalue weighted by atomic mass is 16.5. The Morgan fingerprint density at radius 2 is 1.45 bits per heavy atom. The van der Waals surface area contributed by atoms with Gasteiger partial charge in [0.1, 0.15) is 17.8 Å². The molecule has 6 N–H and O–H groups in total. The molecule has 0 radical (unpaired) electrons. The average Bonchev–Trinajstić information content (AvgIpc) is 2.83. The minimum atomic E-state index is -0.985. The van der Waals surface area contributed by atoms with Crippen LogP contribution in [0.25, 0.3) is 0 Å². The molecule has 0 aromatic heterocycles. The maximum Gasteiger partial charge on any atom is 0.328 e. The fourth-order valence-corrected chi connectivity index (χ4v) is 3.05. The molecule has 3 amide bonds. The van der Waals surface area contributed by atoms with Gasteiger partial charge in [-0.2, -0.15) is 0 Å². The molecule has 0 aliphatic heterocycles. The van der Waals surface area contributed by atoms with Crippen molar-refractivity contribution in [2.45, 2.75) is 24.9 Å². The number of nitrogens with one attached hydrogen (secondary N) is 3. The lowest BCUT2D eigenvalue weighted by atomic mass is 10.0. The third-order valence-electron chi connectivity index (χ3n) is 4.74. The molecular weight excluding hydrogens is 428 g/mol. The highest BCUT2D eigenvalue weighted by Gasteiger charge is 2.24. The number of nitrogens with two attached hydrogens (primary N) is 1. The maximum atomic E-state index is 12.6. The van der Waals surface area contributed by atoms with Gasteiger partial charge in [0.05, 0.1) is 20.2 Å². The summed E-state index contributed by atoms with van der Waals surface area (Å²) in [5, 5.41) is 16.9. The number of methoxy groups -OCH3 is 1. The number of carbonyl (C=O) groups is 4. The summed E-state index contributed by atoms with van der Waals surface area (Å²) in [6, 6.07) is 13.3. The molecule has 0 aliphatic carbocycles. The molecule has 2 atom stereocenters. The zero-order valence-corrected chi connectivity index (χ0v) is 18.2. The highest BCUT2D eigenvalue weighted by Crippen LogP contribution is 2.12. The van der Waals surface area contributed by atoms with Gasteiger partial charge in [-0.05, 0) is 23.3 Å². The molecule has 10 nitrogen and oxygen atoms in total. The van der Waals surface area contributed by atoms with Crippen LogP contribution in [-0.4, -0.2) is 61.1 Å². The standard InChI is InChI=1S/C23H28N4O6/c1-33-23(32)19(12-16-7-9-17(28)10-8-16)27-21(30)14-25-22(31)18(26-20(29)13-24)11-15-5-3-2-4-6-15/h2-10,18-19,28H,11-14,24H2,1H3,(H,25,31)(H,26,29)(H,27,30)/t18-,19-/m0/s1. The first-order valence-electron chi connectivity index (χ1n) is 10.3. The molecule has 0 spiro atoms. The van der Waals surface area contributed by atoms with Crippen molar-refractivity contribution in [3.05, 3.63) is 65.7 Å². The SMILES string of the molecule is COC(=O)[C@H](Cc1ccc(O)cc1)NC(=O)CNC(=O)[C@H](Cc1ccccc1)NC(=O)CN. The van der Waals surface area contributed by atoms with Gasteiger partial charge < -0.3 is 31.5 Å². The minimum absolute atomic E-state index is 0.0758. The third-order valence-corrected chi connectivity index (χ3v) is 4.74. The first-order valence-corrected chi connectivity index (χ1v) is 10.3. The van der Waals surface area contributed by atoms with E-state index in [0.717, 1.165) is 5.56 Å². The van der Waals surface area contributed by atoms with Gasteiger partial charge >= 0.3 is 5.97 Å². The molecule has 0 bridgehead atoms. The Bertz CT molecular complexity index is 949. The summed E-state index contributed by atoms with van der Waals surface area (Å²) in [5.41, 5.74) is 6.85. The van der Waals surface area contributed by atoms with Crippen molar-refractivity contribution in [2.24, 2.45) is 5.73 Å². The van der Waals surface area contributed by atoms with E-state index in [0.29, 0.717) is 5.56 Å². The van der Waals surface area contributed by atoms with Crippen LogP contribution < -0.4 is 21.7 Å². The molecule has 0 saturated heterocycles. The van der Waals surface area contributed by atoms with Crippen LogP contribution >= 0.6 is 0 Å². The Labute approximate surface area is 191 Å². The number of benzene rings is 2.